The number of nitrogens with two attached hydrogens (primary N) is 1. The van der Waals surface area contributed by atoms with Gasteiger partial charge in [-0.05, 0) is 54.2 Å². The fraction of sp³-hybridized carbons (Fsp3) is 0.609. The Labute approximate surface area is 163 Å². The van der Waals surface area contributed by atoms with Crippen LogP contribution in [0.5, 0.6) is 0 Å². The Morgan fingerprint density at radius 3 is 2.19 bits per heavy atom. The highest BCUT2D eigenvalue weighted by Crippen LogP contribution is 2.50. The molecule has 1 fully saturated rings. The van der Waals surface area contributed by atoms with E-state index < -0.39 is 0 Å². The fourth-order valence-corrected chi connectivity index (χ4v) is 5.40. The lowest BCUT2D eigenvalue weighted by molar-refractivity contribution is 0.403. The number of benzene rings is 1. The second-order valence-corrected chi connectivity index (χ2v) is 10.4. The third-order valence-electron chi connectivity index (χ3n) is 5.93. The maximum atomic E-state index is 5.63. The number of hydrogen-bond donors (Lipinski definition) is 1. The molecule has 0 unspecified atom stereocenters. The molecule has 0 atom stereocenters. The number of hydrogen-bond acceptors (Lipinski definition) is 3. The van der Waals surface area contributed by atoms with Gasteiger partial charge >= 0.3 is 0 Å². The summed E-state index contributed by atoms with van der Waals surface area (Å²) >= 11 is 1.72. The van der Waals surface area contributed by atoms with Gasteiger partial charge < -0.3 is 5.73 Å². The van der Waals surface area contributed by atoms with E-state index in [-0.39, 0.29) is 10.8 Å². The predicted octanol–water partition coefficient (Wildman–Crippen LogP) is 6.36. The highest BCUT2D eigenvalue weighted by molar-refractivity contribution is 7.09. The molecule has 2 N–H and O–H groups in total. The minimum Gasteiger partial charge on any atom is -0.328 e. The molecule has 2 aliphatic carbocycles. The Bertz CT molecular complexity index is 751. The highest BCUT2D eigenvalue weighted by Gasteiger charge is 2.41. The molecule has 2 nitrogen and oxygen atoms in total. The summed E-state index contributed by atoms with van der Waals surface area (Å²) in [5.74, 6) is 0. The fourth-order valence-electron chi connectivity index (χ4n) is 4.78. The smallest absolute Gasteiger partial charge is 0.0901 e. The molecular weight excluding hydrogens is 336 g/mol. The Kier molecular flexibility index (Phi) is 5.60. The van der Waals surface area contributed by atoms with Crippen molar-refractivity contribution in [2.45, 2.75) is 90.0 Å². The monoisotopic (exact) mass is 370 g/mol. The summed E-state index contributed by atoms with van der Waals surface area (Å²) in [6.45, 7) is 11.5. The van der Waals surface area contributed by atoms with Crippen LogP contribution in [-0.4, -0.2) is 11.0 Å². The molecule has 2 aromatic rings. The molecule has 0 bridgehead atoms. The molecule has 1 heterocycles. The third-order valence-corrected chi connectivity index (χ3v) is 6.70. The Morgan fingerprint density at radius 1 is 1.00 bits per heavy atom. The van der Waals surface area contributed by atoms with E-state index in [0.717, 1.165) is 10.7 Å². The van der Waals surface area contributed by atoms with E-state index >= 15 is 0 Å². The van der Waals surface area contributed by atoms with Crippen LogP contribution in [0.1, 0.15) is 82.4 Å². The summed E-state index contributed by atoms with van der Waals surface area (Å²) in [6.07, 6.45) is 7.88. The van der Waals surface area contributed by atoms with Crippen LogP contribution in [0.25, 0.3) is 11.3 Å². The molecule has 0 amide bonds. The second kappa shape index (κ2) is 7.44. The third kappa shape index (κ3) is 4.20. The van der Waals surface area contributed by atoms with Gasteiger partial charge in [0.1, 0.15) is 0 Å². The number of fused-ring (bicyclic) bond motifs is 1. The zero-order chi connectivity index (χ0) is 18.9. The van der Waals surface area contributed by atoms with Crippen LogP contribution in [0.4, 0.5) is 0 Å². The molecule has 1 saturated carbocycles. The van der Waals surface area contributed by atoms with Crippen LogP contribution in [0.3, 0.4) is 0 Å². The lowest BCUT2D eigenvalue weighted by Gasteiger charge is -2.22. The van der Waals surface area contributed by atoms with E-state index in [2.05, 4.69) is 63.2 Å². The maximum Gasteiger partial charge on any atom is 0.0901 e. The largest absolute Gasteiger partial charge is 0.328 e. The molecule has 0 aliphatic heterocycles. The Morgan fingerprint density at radius 2 is 1.65 bits per heavy atom. The first kappa shape index (κ1) is 19.6. The molecule has 142 valence electrons. The molecule has 0 radical (unpaired) electrons. The number of rotatable bonds is 1. The molecule has 1 aromatic carbocycles. The predicted molar refractivity (Wildman–Crippen MR) is 114 cm³/mol. The van der Waals surface area contributed by atoms with Gasteiger partial charge in [-0.2, -0.15) is 0 Å². The van der Waals surface area contributed by atoms with Crippen molar-refractivity contribution in [3.63, 3.8) is 0 Å². The van der Waals surface area contributed by atoms with E-state index in [1.165, 1.54) is 55.2 Å². The van der Waals surface area contributed by atoms with Gasteiger partial charge in [-0.3, -0.25) is 0 Å². The average Bonchev–Trinajstić information content (AvgIpc) is 3.08. The summed E-state index contributed by atoms with van der Waals surface area (Å²) in [5, 5.41) is 3.29. The van der Waals surface area contributed by atoms with Gasteiger partial charge in [-0.25, -0.2) is 4.98 Å². The van der Waals surface area contributed by atoms with E-state index in [9.17, 15) is 0 Å². The topological polar surface area (TPSA) is 38.9 Å². The van der Waals surface area contributed by atoms with Crippen molar-refractivity contribution in [3.8, 4) is 11.3 Å². The van der Waals surface area contributed by atoms with Gasteiger partial charge in [0.2, 0.25) is 0 Å². The van der Waals surface area contributed by atoms with Crippen molar-refractivity contribution in [1.82, 2.24) is 4.98 Å². The summed E-state index contributed by atoms with van der Waals surface area (Å²) in [5.41, 5.74) is 11.6. The molecule has 3 heteroatoms. The second-order valence-electron chi connectivity index (χ2n) is 9.35. The van der Waals surface area contributed by atoms with Gasteiger partial charge in [0.15, 0.2) is 0 Å². The molecule has 1 aromatic heterocycles. The van der Waals surface area contributed by atoms with E-state index in [4.69, 9.17) is 5.73 Å². The van der Waals surface area contributed by atoms with Gasteiger partial charge in [0.05, 0.1) is 10.7 Å². The van der Waals surface area contributed by atoms with Crippen LogP contribution in [0.15, 0.2) is 23.6 Å². The molecule has 2 aliphatic rings. The molecular formula is C23H34N2S. The normalized spacial score (nSPS) is 21.0. The lowest BCUT2D eigenvalue weighted by atomic mass is 9.82. The maximum absolute atomic E-state index is 5.63. The molecule has 0 spiro atoms. The minimum absolute atomic E-state index is 0.264. The highest BCUT2D eigenvalue weighted by atomic mass is 32.1. The molecule has 26 heavy (non-hydrogen) atoms. The van der Waals surface area contributed by atoms with Crippen molar-refractivity contribution in [1.29, 1.82) is 0 Å². The number of aromatic nitrogens is 1. The Balaban J connectivity index is 0.000000236. The average molecular weight is 371 g/mol. The molecule has 4 rings (SSSR count). The van der Waals surface area contributed by atoms with Crippen LogP contribution in [-0.2, 0) is 10.8 Å². The van der Waals surface area contributed by atoms with Gasteiger partial charge in [0.25, 0.3) is 0 Å². The van der Waals surface area contributed by atoms with Crippen molar-refractivity contribution >= 4 is 11.3 Å². The zero-order valence-electron chi connectivity index (χ0n) is 17.1. The summed E-state index contributed by atoms with van der Waals surface area (Å²) in [6, 6.07) is 7.44. The van der Waals surface area contributed by atoms with Gasteiger partial charge in [0, 0.05) is 17.0 Å². The summed E-state index contributed by atoms with van der Waals surface area (Å²) < 4.78 is 0. The standard InChI is InChI=1S/C17H21NS.C6H13N/c1-11-18-15(9-19-11)12-6-7-13-14(8-12)17(4,5)10-16(13,2)3;7-6-4-2-1-3-5-6/h6-9H,10H2,1-5H3;6H,1-5,7H2. The number of thiazole rings is 1. The quantitative estimate of drug-likeness (QED) is 0.634. The summed E-state index contributed by atoms with van der Waals surface area (Å²) in [4.78, 5) is 4.61. The Hall–Kier alpha value is -1.19. The van der Waals surface area contributed by atoms with Gasteiger partial charge in [-0.15, -0.1) is 11.3 Å². The van der Waals surface area contributed by atoms with Crippen LogP contribution in [0, 0.1) is 6.92 Å². The van der Waals surface area contributed by atoms with E-state index in [1.807, 2.05) is 0 Å². The zero-order valence-corrected chi connectivity index (χ0v) is 17.9. The van der Waals surface area contributed by atoms with Crippen molar-refractivity contribution in [3.05, 3.63) is 39.7 Å². The first-order valence-electron chi connectivity index (χ1n) is 10.0. The minimum atomic E-state index is 0.264. The summed E-state index contributed by atoms with van der Waals surface area (Å²) in [7, 11) is 0. The van der Waals surface area contributed by atoms with Crippen LogP contribution >= 0.6 is 11.3 Å². The first-order chi connectivity index (χ1) is 12.2. The first-order valence-corrected chi connectivity index (χ1v) is 10.9. The van der Waals surface area contributed by atoms with Crippen molar-refractivity contribution in [2.24, 2.45) is 5.73 Å². The van der Waals surface area contributed by atoms with Gasteiger partial charge in [-0.1, -0.05) is 59.1 Å². The van der Waals surface area contributed by atoms with Crippen molar-refractivity contribution in [2.75, 3.05) is 0 Å². The van der Waals surface area contributed by atoms with Crippen LogP contribution in [0.2, 0.25) is 0 Å². The van der Waals surface area contributed by atoms with Crippen LogP contribution < -0.4 is 5.73 Å². The lowest BCUT2D eigenvalue weighted by Crippen LogP contribution is -2.22. The number of nitrogens with zero attached hydrogens (tertiary/aromatic N) is 1. The SMILES string of the molecule is Cc1nc(-c2ccc3c(c2)C(C)(C)CC3(C)C)cs1.NC1CCCCC1. The molecule has 0 saturated heterocycles. The van der Waals surface area contributed by atoms with Crippen molar-refractivity contribution < 1.29 is 0 Å². The number of aryl methyl sites for hydroxylation is 1. The van der Waals surface area contributed by atoms with E-state index in [1.54, 1.807) is 11.3 Å². The van der Waals surface area contributed by atoms with E-state index in [0.29, 0.717) is 6.04 Å².